The van der Waals surface area contributed by atoms with Crippen LogP contribution in [0, 0.1) is 29.7 Å². The Balaban J connectivity index is 0.000000233. The first-order chi connectivity index (χ1) is 44.4. The molecule has 1 aliphatic carbocycles. The van der Waals surface area contributed by atoms with Gasteiger partial charge in [0.15, 0.2) is 5.89 Å². The summed E-state index contributed by atoms with van der Waals surface area (Å²) in [5, 5.41) is 8.47. The Morgan fingerprint density at radius 2 is 1.42 bits per heavy atom. The average molecular weight is 1830 g/mol. The number of para-hydroxylation sites is 5. The Morgan fingerprint density at radius 3 is 2.02 bits per heavy atom. The van der Waals surface area contributed by atoms with Gasteiger partial charge in [0.2, 0.25) is 18.1 Å². The van der Waals surface area contributed by atoms with E-state index in [1.165, 1.54) is 29.3 Å². The monoisotopic (exact) mass is 1830 g/mol. The molecule has 2 atom stereocenters. The number of oxazole rings is 2. The second-order valence-corrected chi connectivity index (χ2v) is 29.0. The van der Waals surface area contributed by atoms with E-state index in [1.807, 2.05) is 80.0 Å². The van der Waals surface area contributed by atoms with Gasteiger partial charge in [0, 0.05) is 124 Å². The number of imidazole rings is 1. The van der Waals surface area contributed by atoms with Crippen molar-refractivity contribution in [3.8, 4) is 22.0 Å². The van der Waals surface area contributed by atoms with Crippen molar-refractivity contribution in [2.45, 2.75) is 178 Å². The molecular weight excluding hydrogens is 1740 g/mol. The first-order valence-electron chi connectivity index (χ1n) is 32.7. The van der Waals surface area contributed by atoms with Crippen LogP contribution in [0.25, 0.3) is 49.5 Å². The third kappa shape index (κ3) is 21.8. The zero-order chi connectivity index (χ0) is 66.6. The number of hydrogen-bond donors (Lipinski definition) is 0. The predicted octanol–water partition coefficient (Wildman–Crippen LogP) is 21.6. The molecule has 97 heavy (non-hydrogen) atoms. The number of aryl methyl sites for hydroxylation is 2. The topological polar surface area (TPSA) is 148 Å². The zero-order valence-electron chi connectivity index (χ0n) is 58.6. The molecule has 1 aliphatic rings. The summed E-state index contributed by atoms with van der Waals surface area (Å²) in [4.78, 5) is 34.9. The van der Waals surface area contributed by atoms with Crippen molar-refractivity contribution in [1.82, 2.24) is 40.0 Å². The predicted molar refractivity (Wildman–Crippen MR) is 384 cm³/mol. The van der Waals surface area contributed by atoms with E-state index in [0.29, 0.717) is 34.9 Å². The average Bonchev–Trinajstić information content (AvgIpc) is 1.78. The molecule has 0 amide bonds. The maximum Gasteiger partial charge on any atom is 0.214 e. The Labute approximate surface area is 637 Å². The van der Waals surface area contributed by atoms with Gasteiger partial charge in [-0.3, -0.25) is 0 Å². The standard InChI is InChI=1S/C24H23N3OS.C20H28NO.C18H22N3O.C17H19N2S.Co.2Pt.Rh/c1-3-17(2)21-14-20(15-22(23(21)29)24-25-16-28-26-24)27(18-10-6-4-7-11-18)19-12-8-5-9-13-19;1-7-14(2)18-13-22-19(21-18)15(3)17-9-8-16(12-17)10-11-20(4,5)6;1-12(2)9-10-13-11-19-17(22-13)18(3,4)16-20-14-7-5-6-8-15(14)21-16;1-11-10-20-16(19-11)14-7-5-6-13-12(8-17(2,3)4)9-18-15(13)14;;;;/h4-17,29H,3H2,1-2H3;8,12-14H,7,10-11H2,1-6H3;5-8,11-12H,9-10H2,1-4H3;5-7,9-10H,8H2,1-4H3;;;;/q;3*-1;;;;/p-1. The summed E-state index contributed by atoms with van der Waals surface area (Å²) >= 11 is 7.51. The first kappa shape index (κ1) is 81.7. The number of allylic oxidation sites excluding steroid dienone is 6. The van der Waals surface area contributed by atoms with Crippen LogP contribution in [-0.2, 0) is 109 Å². The van der Waals surface area contributed by atoms with Gasteiger partial charge in [-0.05, 0) is 128 Å². The summed E-state index contributed by atoms with van der Waals surface area (Å²) < 4.78 is 16.6. The minimum absolute atomic E-state index is 0. The van der Waals surface area contributed by atoms with Gasteiger partial charge in [-0.15, -0.1) is 22.9 Å². The molecule has 0 N–H and O–H groups in total. The Bertz CT molecular complexity index is 4230. The van der Waals surface area contributed by atoms with E-state index in [4.69, 9.17) is 26.0 Å². The third-order valence-electron chi connectivity index (χ3n) is 16.7. The summed E-state index contributed by atoms with van der Waals surface area (Å²) in [6.45, 7) is 35.0. The molecule has 524 valence electrons. The van der Waals surface area contributed by atoms with Crippen molar-refractivity contribution in [2.24, 2.45) is 16.7 Å². The summed E-state index contributed by atoms with van der Waals surface area (Å²) in [7, 11) is 0. The molecule has 0 aliphatic heterocycles. The Hall–Kier alpha value is -5.95. The number of rotatable bonds is 18. The molecule has 12 rings (SSSR count). The fourth-order valence-electron chi connectivity index (χ4n) is 10.7. The van der Waals surface area contributed by atoms with Crippen LogP contribution in [0.1, 0.15) is 194 Å². The molecule has 6 aromatic heterocycles. The van der Waals surface area contributed by atoms with Gasteiger partial charge in [-0.2, -0.15) is 39.4 Å². The van der Waals surface area contributed by atoms with E-state index in [2.05, 4.69) is 227 Å². The van der Waals surface area contributed by atoms with E-state index in [0.717, 1.165) is 139 Å². The van der Waals surface area contributed by atoms with Crippen molar-refractivity contribution in [2.75, 3.05) is 4.90 Å². The van der Waals surface area contributed by atoms with E-state index in [-0.39, 0.29) is 83.8 Å². The van der Waals surface area contributed by atoms with Crippen LogP contribution in [-0.4, -0.2) is 30.1 Å². The first-order valence-corrected chi connectivity index (χ1v) is 34.0. The number of benzene rings is 5. The van der Waals surface area contributed by atoms with Crippen LogP contribution >= 0.6 is 11.3 Å². The number of thiazole rings is 1. The maximum absolute atomic E-state index is 5.96. The van der Waals surface area contributed by atoms with Gasteiger partial charge in [-0.1, -0.05) is 209 Å². The molecule has 12 nitrogen and oxygen atoms in total. The van der Waals surface area contributed by atoms with Crippen LogP contribution < -0.4 is 14.9 Å². The number of nitrogens with zero attached hydrogens (tertiary/aromatic N) is 9. The fourth-order valence-corrected chi connectivity index (χ4v) is 11.9. The number of fused-ring (bicyclic) bond motifs is 2. The van der Waals surface area contributed by atoms with Gasteiger partial charge in [0.25, 0.3) is 0 Å². The fraction of sp³-hybridized carbons (Fsp3) is 0.367. The summed E-state index contributed by atoms with van der Waals surface area (Å²) in [6.07, 6.45) is 22.1. The zero-order valence-corrected chi connectivity index (χ0v) is 67.4. The maximum atomic E-state index is 5.96. The molecule has 0 bridgehead atoms. The summed E-state index contributed by atoms with van der Waals surface area (Å²) in [6, 6.07) is 39.2. The number of hydrogen-bond acceptors (Lipinski definition) is 12. The largest absolute Gasteiger partial charge is 0.779 e. The molecule has 0 spiro atoms. The third-order valence-corrected chi connectivity index (χ3v) is 18.1. The van der Waals surface area contributed by atoms with Crippen LogP contribution in [0.4, 0.5) is 17.1 Å². The molecular formula is C79H91CoN9O3Pt2RhS2-4. The smallest absolute Gasteiger partial charge is 0.214 e. The van der Waals surface area contributed by atoms with Crippen LogP contribution in [0.3, 0.4) is 0 Å². The second-order valence-electron chi connectivity index (χ2n) is 27.7. The van der Waals surface area contributed by atoms with Crippen molar-refractivity contribution < 1.29 is 91.7 Å². The molecule has 0 saturated carbocycles. The molecule has 11 aromatic rings. The number of anilines is 3. The minimum Gasteiger partial charge on any atom is -0.779 e. The quantitative estimate of drug-likeness (QED) is 0.0456. The normalized spacial score (nSPS) is 13.1. The molecule has 2 radical (unpaired) electrons. The van der Waals surface area contributed by atoms with Gasteiger partial charge in [0.1, 0.15) is 17.0 Å². The molecule has 0 saturated heterocycles. The van der Waals surface area contributed by atoms with Crippen LogP contribution in [0.5, 0.6) is 0 Å². The van der Waals surface area contributed by atoms with Gasteiger partial charge in [0.05, 0.1) is 17.3 Å². The van der Waals surface area contributed by atoms with Crippen LogP contribution in [0.2, 0.25) is 0 Å². The SMILES string of the molecule is CC(C)CCc1cnc(C(C)(C)c2nc3ccccc3[n-]2)o1.CCC(C)c1cc(N(c2ccccc2)c2ccccc2)cc(-c2ncon2)c1[S-].CCC(C)c1coc(C(C)=C2[C-]=CC(CCC(C)(C)C)=C2)n1.Cc1csc(-c2cccc3c(CC(C)(C)C)c[n-]c23)n1.[Co].[Pt].[Pt].[Rh]. The second kappa shape index (κ2) is 36.9. The van der Waals surface area contributed by atoms with Crippen molar-refractivity contribution in [3.63, 3.8) is 0 Å². The molecule has 2 unspecified atom stereocenters. The number of aromatic nitrogens is 8. The van der Waals surface area contributed by atoms with E-state index < -0.39 is 5.41 Å². The van der Waals surface area contributed by atoms with E-state index in [1.54, 1.807) is 17.6 Å². The van der Waals surface area contributed by atoms with Gasteiger partial charge < -0.3 is 45.8 Å². The molecule has 0 fully saturated rings. The summed E-state index contributed by atoms with van der Waals surface area (Å²) in [5.41, 5.74) is 16.3. The van der Waals surface area contributed by atoms with Crippen molar-refractivity contribution >= 4 is 68.5 Å². The summed E-state index contributed by atoms with van der Waals surface area (Å²) in [5.74, 6) is 5.03. The Morgan fingerprint density at radius 1 is 0.753 bits per heavy atom. The van der Waals surface area contributed by atoms with Crippen LogP contribution in [0.15, 0.2) is 187 Å². The van der Waals surface area contributed by atoms with Crippen molar-refractivity contribution in [3.05, 3.63) is 221 Å². The van der Waals surface area contributed by atoms with Gasteiger partial charge in [-0.25, -0.2) is 15.0 Å². The van der Waals surface area contributed by atoms with Crippen molar-refractivity contribution in [1.29, 1.82) is 0 Å². The van der Waals surface area contributed by atoms with E-state index in [9.17, 15) is 0 Å². The molecule has 18 heteroatoms. The Kier molecular flexibility index (Phi) is 31.1. The minimum atomic E-state index is -0.435. The van der Waals surface area contributed by atoms with Gasteiger partial charge >= 0.3 is 0 Å². The van der Waals surface area contributed by atoms with E-state index >= 15 is 0 Å². The molecule has 6 heterocycles. The molecule has 5 aromatic carbocycles.